The van der Waals surface area contributed by atoms with Crippen LogP contribution in [0.5, 0.6) is 0 Å². The van der Waals surface area contributed by atoms with Gasteiger partial charge < -0.3 is 14.6 Å². The predicted molar refractivity (Wildman–Crippen MR) is 107 cm³/mol. The molecule has 1 amide bonds. The van der Waals surface area contributed by atoms with Gasteiger partial charge in [0.15, 0.2) is 11.7 Å². The molecule has 11 heteroatoms. The van der Waals surface area contributed by atoms with Crippen LogP contribution in [-0.2, 0) is 6.42 Å². The Kier molecular flexibility index (Phi) is 5.65. The number of anilines is 1. The molecule has 0 spiro atoms. The number of pyridine rings is 1. The fraction of sp³-hybridized carbons (Fsp3) is 0.350. The van der Waals surface area contributed by atoms with Crippen LogP contribution in [0.2, 0.25) is 5.02 Å². The summed E-state index contributed by atoms with van der Waals surface area (Å²) in [6.07, 6.45) is -1.40. The number of nitrogens with zero attached hydrogens (tertiary/aromatic N) is 4. The second-order valence-corrected chi connectivity index (χ2v) is 7.64. The third-order valence-corrected chi connectivity index (χ3v) is 5.52. The summed E-state index contributed by atoms with van der Waals surface area (Å²) in [7, 11) is 1.54. The molecule has 7 nitrogen and oxygen atoms in total. The molecule has 31 heavy (non-hydrogen) atoms. The molecule has 0 bridgehead atoms. The Hall–Kier alpha value is -3.01. The maximum absolute atomic E-state index is 13.8. The van der Waals surface area contributed by atoms with Gasteiger partial charge in [0.05, 0.1) is 12.3 Å². The Morgan fingerprint density at radius 2 is 2.16 bits per heavy atom. The molecule has 3 aromatic heterocycles. The average Bonchev–Trinajstić information content (AvgIpc) is 3.39. The molecular formula is C20H19ClF3N5O2. The van der Waals surface area contributed by atoms with E-state index < -0.39 is 24.2 Å². The number of alkyl halides is 3. The molecule has 2 atom stereocenters. The van der Waals surface area contributed by atoms with Crippen LogP contribution in [0, 0.1) is 0 Å². The van der Waals surface area contributed by atoms with E-state index >= 15 is 0 Å². The third-order valence-electron chi connectivity index (χ3n) is 5.16. The highest BCUT2D eigenvalue weighted by molar-refractivity contribution is 6.36. The zero-order valence-electron chi connectivity index (χ0n) is 16.4. The standard InChI is InChI=1S/C20H19ClF3N5O2/c1-28(9-7-12-5-2-3-8-25-12)19(30)17-16(21)18-26-13(14-6-4-10-31-14)11-15(20(22,23)24)29(18)27-17/h2-6,8,10,13,15,26H,7,9,11H2,1H3/t13-,15+/m1/s1. The zero-order chi connectivity index (χ0) is 22.2. The van der Waals surface area contributed by atoms with Crippen LogP contribution in [0.25, 0.3) is 0 Å². The van der Waals surface area contributed by atoms with Gasteiger partial charge in [0, 0.05) is 38.3 Å². The van der Waals surface area contributed by atoms with E-state index in [0.717, 1.165) is 10.4 Å². The summed E-state index contributed by atoms with van der Waals surface area (Å²) in [5, 5.41) is 6.74. The molecule has 0 saturated carbocycles. The normalized spacial score (nSPS) is 18.4. The van der Waals surface area contributed by atoms with E-state index in [1.807, 2.05) is 12.1 Å². The van der Waals surface area contributed by atoms with Gasteiger partial charge in [-0.2, -0.15) is 18.3 Å². The van der Waals surface area contributed by atoms with Crippen molar-refractivity contribution in [3.8, 4) is 0 Å². The molecule has 164 valence electrons. The van der Waals surface area contributed by atoms with E-state index in [9.17, 15) is 18.0 Å². The number of fused-ring (bicyclic) bond motifs is 1. The molecule has 0 radical (unpaired) electrons. The number of hydrogen-bond acceptors (Lipinski definition) is 5. The lowest BCUT2D eigenvalue weighted by atomic mass is 10.0. The van der Waals surface area contributed by atoms with Crippen molar-refractivity contribution < 1.29 is 22.4 Å². The molecule has 0 unspecified atom stereocenters. The number of furan rings is 1. The molecule has 1 aliphatic heterocycles. The number of carbonyl (C=O) groups is 1. The zero-order valence-corrected chi connectivity index (χ0v) is 17.2. The quantitative estimate of drug-likeness (QED) is 0.615. The number of hydrogen-bond donors (Lipinski definition) is 1. The third kappa shape index (κ3) is 4.25. The monoisotopic (exact) mass is 453 g/mol. The van der Waals surface area contributed by atoms with Crippen molar-refractivity contribution in [1.82, 2.24) is 19.7 Å². The van der Waals surface area contributed by atoms with Crippen LogP contribution in [-0.4, -0.2) is 45.3 Å². The Morgan fingerprint density at radius 1 is 1.35 bits per heavy atom. The van der Waals surface area contributed by atoms with Crippen molar-refractivity contribution in [3.05, 3.63) is 65.0 Å². The average molecular weight is 454 g/mol. The molecule has 1 N–H and O–H groups in total. The number of nitrogens with one attached hydrogen (secondary N) is 1. The summed E-state index contributed by atoms with van der Waals surface area (Å²) in [6.45, 7) is 0.305. The van der Waals surface area contributed by atoms with E-state index in [1.165, 1.54) is 11.2 Å². The smallest absolute Gasteiger partial charge is 0.410 e. The molecule has 1 aliphatic rings. The summed E-state index contributed by atoms with van der Waals surface area (Å²) in [5.74, 6) is -0.281. The van der Waals surface area contributed by atoms with Crippen molar-refractivity contribution in [1.29, 1.82) is 0 Å². The van der Waals surface area contributed by atoms with Crippen molar-refractivity contribution >= 4 is 23.3 Å². The molecular weight excluding hydrogens is 435 g/mol. The number of halogens is 4. The molecule has 4 heterocycles. The van der Waals surface area contributed by atoms with E-state index in [4.69, 9.17) is 16.0 Å². The first-order valence-corrected chi connectivity index (χ1v) is 9.93. The minimum atomic E-state index is -4.58. The summed E-state index contributed by atoms with van der Waals surface area (Å²) >= 11 is 6.34. The maximum atomic E-state index is 13.8. The highest BCUT2D eigenvalue weighted by atomic mass is 35.5. The minimum absolute atomic E-state index is 0.0573. The number of likely N-dealkylation sites (N-methyl/N-ethyl adjacent to an activating group) is 1. The number of aromatic nitrogens is 3. The van der Waals surface area contributed by atoms with Gasteiger partial charge in [-0.3, -0.25) is 9.78 Å². The molecule has 0 aliphatic carbocycles. The van der Waals surface area contributed by atoms with Crippen LogP contribution in [0.1, 0.15) is 40.4 Å². The van der Waals surface area contributed by atoms with Gasteiger partial charge >= 0.3 is 6.18 Å². The maximum Gasteiger partial charge on any atom is 0.410 e. The lowest BCUT2D eigenvalue weighted by molar-refractivity contribution is -0.174. The second kappa shape index (κ2) is 8.26. The van der Waals surface area contributed by atoms with E-state index in [1.54, 1.807) is 31.4 Å². The Bertz CT molecular complexity index is 1050. The molecule has 3 aromatic rings. The summed E-state index contributed by atoms with van der Waals surface area (Å²) in [5.41, 5.74) is 0.555. The van der Waals surface area contributed by atoms with Crippen molar-refractivity contribution in [3.63, 3.8) is 0 Å². The fourth-order valence-electron chi connectivity index (χ4n) is 3.51. The summed E-state index contributed by atoms with van der Waals surface area (Å²) < 4.78 is 47.4. The van der Waals surface area contributed by atoms with Crippen LogP contribution in [0.4, 0.5) is 19.0 Å². The molecule has 4 rings (SSSR count). The van der Waals surface area contributed by atoms with Gasteiger partial charge in [-0.25, -0.2) is 4.68 Å². The largest absolute Gasteiger partial charge is 0.467 e. The van der Waals surface area contributed by atoms with Gasteiger partial charge in [0.2, 0.25) is 0 Å². The first-order chi connectivity index (χ1) is 14.8. The van der Waals surface area contributed by atoms with Crippen molar-refractivity contribution in [2.45, 2.75) is 31.1 Å². The van der Waals surface area contributed by atoms with Crippen molar-refractivity contribution in [2.24, 2.45) is 0 Å². The minimum Gasteiger partial charge on any atom is -0.467 e. The SMILES string of the molecule is CN(CCc1ccccn1)C(=O)c1nn2c(c1Cl)N[C@@H](c1ccco1)C[C@H]2C(F)(F)F. The lowest BCUT2D eigenvalue weighted by Crippen LogP contribution is -2.36. The predicted octanol–water partition coefficient (Wildman–Crippen LogP) is 4.50. The first-order valence-electron chi connectivity index (χ1n) is 9.55. The number of rotatable bonds is 5. The molecule has 0 aromatic carbocycles. The van der Waals surface area contributed by atoms with E-state index in [2.05, 4.69) is 15.4 Å². The van der Waals surface area contributed by atoms with Crippen LogP contribution in [0.15, 0.2) is 47.2 Å². The summed E-state index contributed by atoms with van der Waals surface area (Å²) in [6, 6.07) is 5.93. The van der Waals surface area contributed by atoms with Gasteiger partial charge in [-0.15, -0.1) is 0 Å². The highest BCUT2D eigenvalue weighted by Crippen LogP contribution is 2.46. The topological polar surface area (TPSA) is 76.2 Å². The van der Waals surface area contributed by atoms with Gasteiger partial charge in [-0.05, 0) is 24.3 Å². The Morgan fingerprint density at radius 3 is 2.81 bits per heavy atom. The Labute approximate surface area is 180 Å². The van der Waals surface area contributed by atoms with Crippen LogP contribution in [0.3, 0.4) is 0 Å². The van der Waals surface area contributed by atoms with Gasteiger partial charge in [-0.1, -0.05) is 17.7 Å². The van der Waals surface area contributed by atoms with Crippen LogP contribution >= 0.6 is 11.6 Å². The molecule has 0 fully saturated rings. The van der Waals surface area contributed by atoms with Crippen molar-refractivity contribution in [2.75, 3.05) is 18.9 Å². The van der Waals surface area contributed by atoms with Gasteiger partial charge in [0.25, 0.3) is 5.91 Å². The van der Waals surface area contributed by atoms with Crippen LogP contribution < -0.4 is 5.32 Å². The second-order valence-electron chi connectivity index (χ2n) is 7.26. The van der Waals surface area contributed by atoms with E-state index in [0.29, 0.717) is 18.7 Å². The number of carbonyl (C=O) groups excluding carboxylic acids is 1. The van der Waals surface area contributed by atoms with E-state index in [-0.39, 0.29) is 23.0 Å². The number of amides is 1. The Balaban J connectivity index is 1.60. The lowest BCUT2D eigenvalue weighted by Gasteiger charge is -2.32. The highest BCUT2D eigenvalue weighted by Gasteiger charge is 2.48. The first kappa shape index (κ1) is 21.2. The van der Waals surface area contributed by atoms with Gasteiger partial charge in [0.1, 0.15) is 16.6 Å². The summed E-state index contributed by atoms with van der Waals surface area (Å²) in [4.78, 5) is 18.4. The molecule has 0 saturated heterocycles. The fourth-order valence-corrected chi connectivity index (χ4v) is 3.77.